The number of nitrogens with zero attached hydrogens (tertiary/aromatic N) is 3. The average molecular weight is 809 g/mol. The van der Waals surface area contributed by atoms with Gasteiger partial charge in [-0.25, -0.2) is 0 Å². The minimum Gasteiger partial charge on any atom is -0.508 e. The van der Waals surface area contributed by atoms with E-state index in [1.807, 2.05) is 54.6 Å². The Hall–Kier alpha value is -6.67. The number of para-hydroxylation sites is 1. The second-order valence-corrected chi connectivity index (χ2v) is 11.9. The van der Waals surface area contributed by atoms with Crippen LogP contribution in [-0.4, -0.2) is 40.4 Å². The molecule has 0 unspecified atom stereocenters. The van der Waals surface area contributed by atoms with Crippen molar-refractivity contribution in [3.63, 3.8) is 0 Å². The molecule has 6 aromatic carbocycles. The third-order valence-corrected chi connectivity index (χ3v) is 7.81. The number of nitro benzene ring substituents is 1. The summed E-state index contributed by atoms with van der Waals surface area (Å²) in [6.07, 6.45) is 4.67. The molecule has 0 aliphatic rings. The summed E-state index contributed by atoms with van der Waals surface area (Å²) in [5, 5.41) is 59.8. The molecule has 11 nitrogen and oxygen atoms in total. The van der Waals surface area contributed by atoms with Gasteiger partial charge in [-0.15, -0.1) is 0 Å². The Morgan fingerprint density at radius 1 is 0.558 bits per heavy atom. The van der Waals surface area contributed by atoms with Gasteiger partial charge in [0, 0.05) is 49.3 Å². The van der Waals surface area contributed by atoms with Crippen LogP contribution in [0.15, 0.2) is 158 Å². The second kappa shape index (κ2) is 18.9. The first kappa shape index (κ1) is 38.1. The highest BCUT2D eigenvalue weighted by atomic mass is 127. The number of benzene rings is 6. The smallest absolute Gasteiger partial charge is 0.277 e. The van der Waals surface area contributed by atoms with E-state index in [-0.39, 0.29) is 28.7 Å². The summed E-state index contributed by atoms with van der Waals surface area (Å²) < 4.78 is 1.14. The van der Waals surface area contributed by atoms with Gasteiger partial charge in [0.05, 0.1) is 16.5 Å². The van der Waals surface area contributed by atoms with Gasteiger partial charge in [0.1, 0.15) is 34.3 Å². The van der Waals surface area contributed by atoms with Crippen LogP contribution in [-0.2, 0) is 0 Å². The lowest BCUT2D eigenvalue weighted by molar-refractivity contribution is -0.383. The van der Waals surface area contributed by atoms with E-state index in [9.17, 15) is 25.4 Å². The third-order valence-electron chi connectivity index (χ3n) is 7.09. The number of non-ortho nitro benzene ring substituents is 1. The number of phenolic OH excluding ortho intramolecular Hbond substituents is 4. The van der Waals surface area contributed by atoms with E-state index < -0.39 is 4.92 Å². The fourth-order valence-corrected chi connectivity index (χ4v) is 4.98. The molecule has 0 spiro atoms. The summed E-state index contributed by atoms with van der Waals surface area (Å²) in [6.45, 7) is 0. The molecule has 0 fully saturated rings. The molecule has 2 heterocycles. The van der Waals surface area contributed by atoms with E-state index in [0.29, 0.717) is 27.7 Å². The van der Waals surface area contributed by atoms with Crippen LogP contribution >= 0.6 is 22.6 Å². The number of hydrogen-bond donors (Lipinski definition) is 6. The number of nitrogens with two attached hydrogens (primary N) is 1. The number of pyridine rings is 2. The number of rotatable bonds is 1. The monoisotopic (exact) mass is 808 g/mol. The molecule has 0 aliphatic carbocycles. The largest absolute Gasteiger partial charge is 0.508 e. The van der Waals surface area contributed by atoms with Crippen molar-refractivity contribution >= 4 is 66.4 Å². The number of nitrogen functional groups attached to an aromatic ring is 1. The van der Waals surface area contributed by atoms with E-state index in [1.54, 1.807) is 85.2 Å². The number of nitro groups is 1. The highest BCUT2D eigenvalue weighted by Crippen LogP contribution is 2.32. The van der Waals surface area contributed by atoms with E-state index in [4.69, 9.17) is 15.9 Å². The number of anilines is 1. The van der Waals surface area contributed by atoms with Crippen LogP contribution in [0.5, 0.6) is 28.7 Å². The molecule has 52 heavy (non-hydrogen) atoms. The Bertz CT molecular complexity index is 2310. The van der Waals surface area contributed by atoms with E-state index in [1.165, 1.54) is 18.3 Å². The molecule has 0 aliphatic heterocycles. The predicted octanol–water partition coefficient (Wildman–Crippen LogP) is 9.31. The first-order valence-electron chi connectivity index (χ1n) is 15.4. The van der Waals surface area contributed by atoms with Crippen LogP contribution in [0.1, 0.15) is 0 Å². The van der Waals surface area contributed by atoms with Gasteiger partial charge in [-0.05, 0) is 95.4 Å². The highest BCUT2D eigenvalue weighted by molar-refractivity contribution is 14.1. The molecular formula is C40H33IN4O7. The van der Waals surface area contributed by atoms with Gasteiger partial charge in [-0.2, -0.15) is 0 Å². The van der Waals surface area contributed by atoms with Gasteiger partial charge in [0.2, 0.25) is 0 Å². The molecule has 7 N–H and O–H groups in total. The zero-order valence-electron chi connectivity index (χ0n) is 27.4. The summed E-state index contributed by atoms with van der Waals surface area (Å²) in [4.78, 5) is 17.9. The van der Waals surface area contributed by atoms with Gasteiger partial charge in [0.15, 0.2) is 0 Å². The van der Waals surface area contributed by atoms with Gasteiger partial charge in [0.25, 0.3) is 5.69 Å². The SMILES string of the molecule is Nc1ccc(O)c2ccccc12.O=[N+]([O-])c1ccc(O)c2ccccc12.Oc1ccc(I)cc1.Oc1cccc2cccnc12.Oc1cccnc1. The topological polar surface area (TPSA) is 196 Å². The summed E-state index contributed by atoms with van der Waals surface area (Å²) in [7, 11) is 0. The minimum absolute atomic E-state index is 0.0124. The number of aromatic nitrogens is 2. The molecule has 262 valence electrons. The molecule has 0 saturated heterocycles. The summed E-state index contributed by atoms with van der Waals surface area (Å²) >= 11 is 2.19. The second-order valence-electron chi connectivity index (χ2n) is 10.7. The molecular weight excluding hydrogens is 775 g/mol. The van der Waals surface area contributed by atoms with Crippen molar-refractivity contribution < 1.29 is 30.5 Å². The normalized spacial score (nSPS) is 9.87. The Labute approximate surface area is 311 Å². The van der Waals surface area contributed by atoms with Gasteiger partial charge < -0.3 is 31.3 Å². The number of phenols is 4. The predicted molar refractivity (Wildman–Crippen MR) is 212 cm³/mol. The van der Waals surface area contributed by atoms with Crippen LogP contribution < -0.4 is 5.73 Å². The number of aromatic hydroxyl groups is 5. The molecule has 0 bridgehead atoms. The van der Waals surface area contributed by atoms with Crippen molar-refractivity contribution in [2.45, 2.75) is 0 Å². The maximum absolute atomic E-state index is 10.7. The number of fused-ring (bicyclic) bond motifs is 3. The third kappa shape index (κ3) is 10.9. The Morgan fingerprint density at radius 3 is 1.67 bits per heavy atom. The first-order valence-corrected chi connectivity index (χ1v) is 16.5. The van der Waals surface area contributed by atoms with Crippen LogP contribution in [0, 0.1) is 13.7 Å². The van der Waals surface area contributed by atoms with Crippen molar-refractivity contribution in [2.24, 2.45) is 0 Å². The average Bonchev–Trinajstić information content (AvgIpc) is 3.16. The maximum atomic E-state index is 10.7. The van der Waals surface area contributed by atoms with Crippen LogP contribution in [0.4, 0.5) is 11.4 Å². The first-order chi connectivity index (χ1) is 25.0. The van der Waals surface area contributed by atoms with Crippen LogP contribution in [0.2, 0.25) is 0 Å². The zero-order valence-corrected chi connectivity index (χ0v) is 29.5. The standard InChI is InChI=1S/C10H7NO3.C10H9NO.C9H7NO.C6H5IO.C5H5NO/c12-10-6-5-9(11(13)14)7-3-1-2-4-8(7)10;11-9-5-6-10(12)8-4-2-1-3-7(8)9;11-8-5-1-3-7-4-2-6-10-9(7)8;7-5-1-3-6(8)4-2-5;7-5-2-1-3-6-4-5/h1-6,12H;1-6,12H,11H2;1-6,11H;1-4,8H;1-4,7H. The van der Waals surface area contributed by atoms with Crippen molar-refractivity contribution in [1.82, 2.24) is 9.97 Å². The highest BCUT2D eigenvalue weighted by Gasteiger charge is 2.12. The lowest BCUT2D eigenvalue weighted by Crippen LogP contribution is -1.88. The quantitative estimate of drug-likeness (QED) is 0.0306. The molecule has 8 rings (SSSR count). The Kier molecular flexibility index (Phi) is 13.9. The molecule has 0 saturated carbocycles. The molecule has 2 aromatic heterocycles. The number of halogens is 1. The van der Waals surface area contributed by atoms with Crippen molar-refractivity contribution in [3.8, 4) is 28.7 Å². The lowest BCUT2D eigenvalue weighted by atomic mass is 10.1. The Balaban J connectivity index is 0.000000148. The fraction of sp³-hybridized carbons (Fsp3) is 0. The number of hydrogen-bond acceptors (Lipinski definition) is 10. The molecule has 0 radical (unpaired) electrons. The molecule has 0 atom stereocenters. The van der Waals surface area contributed by atoms with Gasteiger partial charge >= 0.3 is 0 Å². The van der Waals surface area contributed by atoms with E-state index >= 15 is 0 Å². The maximum Gasteiger partial charge on any atom is 0.277 e. The fourth-order valence-electron chi connectivity index (χ4n) is 4.62. The van der Waals surface area contributed by atoms with Crippen LogP contribution in [0.25, 0.3) is 32.4 Å². The minimum atomic E-state index is -0.457. The molecule has 12 heteroatoms. The van der Waals surface area contributed by atoms with E-state index in [2.05, 4.69) is 32.6 Å². The molecule has 8 aromatic rings. The lowest BCUT2D eigenvalue weighted by Gasteiger charge is -2.02. The van der Waals surface area contributed by atoms with Crippen molar-refractivity contribution in [3.05, 3.63) is 172 Å². The molecule has 0 amide bonds. The van der Waals surface area contributed by atoms with Crippen LogP contribution in [0.3, 0.4) is 0 Å². The van der Waals surface area contributed by atoms with Crippen molar-refractivity contribution in [2.75, 3.05) is 5.73 Å². The van der Waals surface area contributed by atoms with Crippen molar-refractivity contribution in [1.29, 1.82) is 0 Å². The summed E-state index contributed by atoms with van der Waals surface area (Å²) in [6, 6.07) is 39.6. The van der Waals surface area contributed by atoms with Gasteiger partial charge in [-0.3, -0.25) is 20.1 Å². The van der Waals surface area contributed by atoms with E-state index in [0.717, 1.165) is 19.7 Å². The Morgan fingerprint density at radius 2 is 1.13 bits per heavy atom. The zero-order chi connectivity index (χ0) is 37.5. The summed E-state index contributed by atoms with van der Waals surface area (Å²) in [5.41, 5.74) is 7.09. The summed E-state index contributed by atoms with van der Waals surface area (Å²) in [5.74, 6) is 1.11. The van der Waals surface area contributed by atoms with Gasteiger partial charge in [-0.1, -0.05) is 60.7 Å².